The number of hydrogen-bond donors (Lipinski definition) is 1. The van der Waals surface area contributed by atoms with Gasteiger partial charge in [0.25, 0.3) is 0 Å². The Balaban J connectivity index is 2.28. The molecule has 1 atom stereocenters. The molecule has 1 saturated heterocycles. The molecule has 0 aliphatic carbocycles. The Hall–Kier alpha value is -1.87. The maximum absolute atomic E-state index is 8.95. The van der Waals surface area contributed by atoms with Gasteiger partial charge in [-0.3, -0.25) is 0 Å². The minimum Gasteiger partial charge on any atom is -0.373 e. The van der Waals surface area contributed by atoms with Crippen molar-refractivity contribution in [3.05, 3.63) is 11.9 Å². The summed E-state index contributed by atoms with van der Waals surface area (Å²) in [6.45, 7) is 5.98. The lowest BCUT2D eigenvalue weighted by molar-refractivity contribution is 0.0761. The fourth-order valence-electron chi connectivity index (χ4n) is 1.94. The number of hydrogen-bond acceptors (Lipinski definition) is 6. The summed E-state index contributed by atoms with van der Waals surface area (Å²) in [5, 5.41) is 12.0. The van der Waals surface area contributed by atoms with Crippen LogP contribution in [0.25, 0.3) is 0 Å². The molecule has 102 valence electrons. The largest absolute Gasteiger partial charge is 0.373 e. The fourth-order valence-corrected chi connectivity index (χ4v) is 1.94. The van der Waals surface area contributed by atoms with Crippen molar-refractivity contribution in [3.63, 3.8) is 0 Å². The average molecular weight is 261 g/mol. The highest BCUT2D eigenvalue weighted by atomic mass is 16.5. The smallest absolute Gasteiger partial charge is 0.161 e. The molecule has 1 unspecified atom stereocenters. The zero-order valence-electron chi connectivity index (χ0n) is 11.6. The van der Waals surface area contributed by atoms with Gasteiger partial charge >= 0.3 is 0 Å². The molecule has 0 bridgehead atoms. The Morgan fingerprint density at radius 2 is 2.32 bits per heavy atom. The van der Waals surface area contributed by atoms with E-state index < -0.39 is 0 Å². The number of anilines is 2. The van der Waals surface area contributed by atoms with Gasteiger partial charge < -0.3 is 15.0 Å². The monoisotopic (exact) mass is 261 g/mol. The summed E-state index contributed by atoms with van der Waals surface area (Å²) in [7, 11) is 1.84. The molecule has 1 aliphatic heterocycles. The van der Waals surface area contributed by atoms with Crippen LogP contribution in [-0.4, -0.2) is 42.8 Å². The third-order valence-electron chi connectivity index (χ3n) is 3.04. The SMILES string of the molecule is CNc1cc(N2CCOC(C#N)C2)nc(C(C)C)n1. The van der Waals surface area contributed by atoms with Crippen LogP contribution in [0, 0.1) is 11.3 Å². The first-order chi connectivity index (χ1) is 9.13. The van der Waals surface area contributed by atoms with E-state index in [-0.39, 0.29) is 12.0 Å². The number of nitriles is 1. The minimum atomic E-state index is -0.385. The quantitative estimate of drug-likeness (QED) is 0.885. The van der Waals surface area contributed by atoms with Crippen LogP contribution in [0.3, 0.4) is 0 Å². The Bertz CT molecular complexity index is 482. The predicted octanol–water partition coefficient (Wildman–Crippen LogP) is 1.37. The summed E-state index contributed by atoms with van der Waals surface area (Å²) in [5.74, 6) is 2.72. The normalized spacial score (nSPS) is 19.3. The second-order valence-electron chi connectivity index (χ2n) is 4.81. The van der Waals surface area contributed by atoms with E-state index in [1.54, 1.807) is 0 Å². The zero-order chi connectivity index (χ0) is 13.8. The molecule has 1 aromatic heterocycles. The zero-order valence-corrected chi connectivity index (χ0v) is 11.6. The molecule has 0 amide bonds. The van der Waals surface area contributed by atoms with Gasteiger partial charge in [-0.25, -0.2) is 9.97 Å². The Labute approximate surface area is 113 Å². The minimum absolute atomic E-state index is 0.264. The maximum Gasteiger partial charge on any atom is 0.161 e. The van der Waals surface area contributed by atoms with Crippen LogP contribution >= 0.6 is 0 Å². The molecule has 6 heteroatoms. The van der Waals surface area contributed by atoms with Gasteiger partial charge in [0.15, 0.2) is 6.10 Å². The van der Waals surface area contributed by atoms with E-state index in [1.807, 2.05) is 13.1 Å². The van der Waals surface area contributed by atoms with Gasteiger partial charge in [0.2, 0.25) is 0 Å². The van der Waals surface area contributed by atoms with Crippen molar-refractivity contribution < 1.29 is 4.74 Å². The number of nitrogens with zero attached hydrogens (tertiary/aromatic N) is 4. The highest BCUT2D eigenvalue weighted by molar-refractivity contribution is 5.50. The highest BCUT2D eigenvalue weighted by Crippen LogP contribution is 2.21. The highest BCUT2D eigenvalue weighted by Gasteiger charge is 2.22. The lowest BCUT2D eigenvalue weighted by Crippen LogP contribution is -2.42. The molecule has 19 heavy (non-hydrogen) atoms. The van der Waals surface area contributed by atoms with E-state index in [2.05, 4.69) is 40.1 Å². The molecule has 2 heterocycles. The summed E-state index contributed by atoms with van der Waals surface area (Å²) in [6, 6.07) is 4.06. The number of morpholine rings is 1. The second kappa shape index (κ2) is 5.85. The Morgan fingerprint density at radius 3 is 2.95 bits per heavy atom. The first kappa shape index (κ1) is 13.6. The van der Waals surface area contributed by atoms with Gasteiger partial charge in [0, 0.05) is 25.6 Å². The number of aromatic nitrogens is 2. The van der Waals surface area contributed by atoms with Crippen molar-refractivity contribution in [1.29, 1.82) is 5.26 Å². The van der Waals surface area contributed by atoms with Crippen LogP contribution in [0.4, 0.5) is 11.6 Å². The average Bonchev–Trinajstić information content (AvgIpc) is 2.46. The summed E-state index contributed by atoms with van der Waals surface area (Å²) < 4.78 is 5.35. The summed E-state index contributed by atoms with van der Waals surface area (Å²) in [4.78, 5) is 11.1. The number of ether oxygens (including phenoxy) is 1. The molecule has 2 rings (SSSR count). The summed E-state index contributed by atoms with van der Waals surface area (Å²) in [5.41, 5.74) is 0. The maximum atomic E-state index is 8.95. The van der Waals surface area contributed by atoms with Gasteiger partial charge in [-0.15, -0.1) is 0 Å². The van der Waals surface area contributed by atoms with E-state index in [0.717, 1.165) is 24.0 Å². The van der Waals surface area contributed by atoms with Crippen molar-refractivity contribution >= 4 is 11.6 Å². The topological polar surface area (TPSA) is 74.1 Å². The lowest BCUT2D eigenvalue weighted by atomic mass is 10.2. The van der Waals surface area contributed by atoms with Crippen LogP contribution in [0.2, 0.25) is 0 Å². The lowest BCUT2D eigenvalue weighted by Gasteiger charge is -2.31. The van der Waals surface area contributed by atoms with E-state index in [9.17, 15) is 0 Å². The van der Waals surface area contributed by atoms with Gasteiger partial charge in [0.05, 0.1) is 19.2 Å². The van der Waals surface area contributed by atoms with Crippen molar-refractivity contribution in [2.24, 2.45) is 0 Å². The third kappa shape index (κ3) is 3.12. The molecule has 0 saturated carbocycles. The van der Waals surface area contributed by atoms with Crippen LogP contribution in [0.5, 0.6) is 0 Å². The summed E-state index contributed by atoms with van der Waals surface area (Å²) in [6.07, 6.45) is -0.385. The number of nitrogens with one attached hydrogen (secondary N) is 1. The number of rotatable bonds is 3. The second-order valence-corrected chi connectivity index (χ2v) is 4.81. The van der Waals surface area contributed by atoms with Gasteiger partial charge in [-0.2, -0.15) is 5.26 Å². The van der Waals surface area contributed by atoms with Crippen molar-refractivity contribution in [1.82, 2.24) is 9.97 Å². The molecular formula is C13H19N5O. The van der Waals surface area contributed by atoms with Crippen LogP contribution < -0.4 is 10.2 Å². The molecular weight excluding hydrogens is 242 g/mol. The van der Waals surface area contributed by atoms with Gasteiger partial charge in [0.1, 0.15) is 17.5 Å². The molecule has 1 aliphatic rings. The van der Waals surface area contributed by atoms with Gasteiger partial charge in [-0.05, 0) is 0 Å². The van der Waals surface area contributed by atoms with Gasteiger partial charge in [-0.1, -0.05) is 13.8 Å². The van der Waals surface area contributed by atoms with E-state index in [4.69, 9.17) is 10.00 Å². The molecule has 0 radical (unpaired) electrons. The standard InChI is InChI=1S/C13H19N5O/c1-9(2)13-16-11(15-3)6-12(17-13)18-4-5-19-10(7-14)8-18/h6,9-10H,4-5,8H2,1-3H3,(H,15,16,17). The van der Waals surface area contributed by atoms with Crippen LogP contribution in [0.15, 0.2) is 6.07 Å². The predicted molar refractivity (Wildman–Crippen MR) is 73.2 cm³/mol. The van der Waals surface area contributed by atoms with Crippen molar-refractivity contribution in [3.8, 4) is 6.07 Å². The van der Waals surface area contributed by atoms with E-state index in [1.165, 1.54) is 0 Å². The molecule has 0 aromatic carbocycles. The fraction of sp³-hybridized carbons (Fsp3) is 0.615. The van der Waals surface area contributed by atoms with Crippen molar-refractivity contribution in [2.75, 3.05) is 37.0 Å². The molecule has 1 N–H and O–H groups in total. The molecule has 6 nitrogen and oxygen atoms in total. The Morgan fingerprint density at radius 1 is 1.53 bits per heavy atom. The van der Waals surface area contributed by atoms with Crippen molar-refractivity contribution in [2.45, 2.75) is 25.9 Å². The molecule has 1 fully saturated rings. The first-order valence-corrected chi connectivity index (χ1v) is 6.47. The van der Waals surface area contributed by atoms with E-state index in [0.29, 0.717) is 13.2 Å². The third-order valence-corrected chi connectivity index (χ3v) is 3.04. The first-order valence-electron chi connectivity index (χ1n) is 6.47. The molecule has 0 spiro atoms. The van der Waals surface area contributed by atoms with Crippen LogP contribution in [0.1, 0.15) is 25.6 Å². The van der Waals surface area contributed by atoms with Crippen LogP contribution in [-0.2, 0) is 4.74 Å². The van der Waals surface area contributed by atoms with E-state index >= 15 is 0 Å². The molecule has 1 aromatic rings. The Kier molecular flexibility index (Phi) is 4.17. The summed E-state index contributed by atoms with van der Waals surface area (Å²) >= 11 is 0.